The summed E-state index contributed by atoms with van der Waals surface area (Å²) >= 11 is 0. The van der Waals surface area contributed by atoms with E-state index >= 15 is 0 Å². The summed E-state index contributed by atoms with van der Waals surface area (Å²) in [5.74, 6) is 0.611. The second-order valence-electron chi connectivity index (χ2n) is 7.49. The molecule has 1 heterocycles. The Balaban J connectivity index is 1.48. The van der Waals surface area contributed by atoms with Gasteiger partial charge in [0.2, 0.25) is 0 Å². The zero-order valence-corrected chi connectivity index (χ0v) is 15.7. The lowest BCUT2D eigenvalue weighted by molar-refractivity contribution is 0.0939. The van der Waals surface area contributed by atoms with Crippen molar-refractivity contribution in [2.24, 2.45) is 11.8 Å². The maximum atomic E-state index is 12.3. The van der Waals surface area contributed by atoms with Crippen molar-refractivity contribution in [3.8, 4) is 0 Å². The van der Waals surface area contributed by atoms with E-state index in [1.54, 1.807) is 24.3 Å². The van der Waals surface area contributed by atoms with Crippen molar-refractivity contribution in [1.29, 1.82) is 0 Å². The van der Waals surface area contributed by atoms with Crippen molar-refractivity contribution in [1.82, 2.24) is 4.90 Å². The summed E-state index contributed by atoms with van der Waals surface area (Å²) in [6, 6.07) is 15.6. The number of carbonyl (C=O) groups excluding carboxylic acids is 2. The van der Waals surface area contributed by atoms with Crippen LogP contribution in [0.3, 0.4) is 0 Å². The van der Waals surface area contributed by atoms with E-state index in [-0.39, 0.29) is 17.7 Å². The summed E-state index contributed by atoms with van der Waals surface area (Å²) < 4.78 is 0. The van der Waals surface area contributed by atoms with Gasteiger partial charge in [-0.25, -0.2) is 4.79 Å². The molecule has 0 atom stereocenters. The molecule has 0 bridgehead atoms. The van der Waals surface area contributed by atoms with Gasteiger partial charge < -0.3 is 10.2 Å². The number of hydrogen-bond donors (Lipinski definition) is 1. The second kappa shape index (κ2) is 7.73. The highest BCUT2D eigenvalue weighted by molar-refractivity contribution is 5.98. The topological polar surface area (TPSA) is 49.4 Å². The Morgan fingerprint density at radius 1 is 1.12 bits per heavy atom. The van der Waals surface area contributed by atoms with E-state index < -0.39 is 0 Å². The molecular weight excluding hydrogens is 324 g/mol. The van der Waals surface area contributed by atoms with Crippen molar-refractivity contribution in [2.75, 3.05) is 18.4 Å². The molecule has 0 radical (unpaired) electrons. The van der Waals surface area contributed by atoms with E-state index in [1.807, 2.05) is 18.7 Å². The molecule has 1 N–H and O–H groups in total. The minimum absolute atomic E-state index is 0.0261. The number of nitrogens with one attached hydrogen (secondary N) is 1. The number of nitrogens with zero attached hydrogens (tertiary/aromatic N) is 1. The van der Waals surface area contributed by atoms with Gasteiger partial charge in [0.25, 0.3) is 0 Å². The maximum Gasteiger partial charge on any atom is 0.321 e. The van der Waals surface area contributed by atoms with Crippen LogP contribution < -0.4 is 5.32 Å². The van der Waals surface area contributed by atoms with Gasteiger partial charge in [0.1, 0.15) is 0 Å². The van der Waals surface area contributed by atoms with Gasteiger partial charge in [0.05, 0.1) is 0 Å². The highest BCUT2D eigenvalue weighted by Gasteiger charge is 2.30. The smallest absolute Gasteiger partial charge is 0.321 e. The van der Waals surface area contributed by atoms with E-state index in [0.717, 1.165) is 25.2 Å². The first-order valence-electron chi connectivity index (χ1n) is 9.18. The lowest BCUT2D eigenvalue weighted by Crippen LogP contribution is -2.52. The van der Waals surface area contributed by atoms with Crippen LogP contribution in [-0.4, -0.2) is 29.8 Å². The molecule has 2 amide bonds. The fourth-order valence-corrected chi connectivity index (χ4v) is 3.29. The van der Waals surface area contributed by atoms with Crippen LogP contribution in [-0.2, 0) is 6.42 Å². The molecular formula is C22H26N2O2. The number of anilines is 1. The first-order valence-corrected chi connectivity index (χ1v) is 9.18. The SMILES string of the molecule is Cc1cccc(CC2CN(C(=O)Nc3ccc(C(=O)C(C)C)cc3)C2)c1. The molecule has 2 aromatic carbocycles. The number of Topliss-reactive ketones (excluding diaryl/α,β-unsaturated/α-hetero) is 1. The van der Waals surface area contributed by atoms with Crippen LogP contribution in [0.2, 0.25) is 0 Å². The van der Waals surface area contributed by atoms with Crippen LogP contribution >= 0.6 is 0 Å². The van der Waals surface area contributed by atoms with Crippen LogP contribution in [0.5, 0.6) is 0 Å². The molecule has 1 fully saturated rings. The standard InChI is InChI=1S/C22H26N2O2/c1-15(2)21(25)19-7-9-20(10-8-19)23-22(26)24-13-18(14-24)12-17-6-4-5-16(3)11-17/h4-11,15,18H,12-14H2,1-3H3,(H,23,26). The molecule has 4 nitrogen and oxygen atoms in total. The monoisotopic (exact) mass is 350 g/mol. The Bertz CT molecular complexity index is 790. The van der Waals surface area contributed by atoms with Crippen molar-refractivity contribution in [3.63, 3.8) is 0 Å². The molecule has 0 aliphatic carbocycles. The molecule has 26 heavy (non-hydrogen) atoms. The van der Waals surface area contributed by atoms with E-state index in [4.69, 9.17) is 0 Å². The molecule has 136 valence electrons. The number of amides is 2. The lowest BCUT2D eigenvalue weighted by Gasteiger charge is -2.39. The summed E-state index contributed by atoms with van der Waals surface area (Å²) in [4.78, 5) is 26.1. The molecule has 4 heteroatoms. The van der Waals surface area contributed by atoms with E-state index in [2.05, 4.69) is 36.5 Å². The number of hydrogen-bond acceptors (Lipinski definition) is 2. The first-order chi connectivity index (χ1) is 12.4. The summed E-state index contributed by atoms with van der Waals surface area (Å²) in [6.45, 7) is 7.43. The largest absolute Gasteiger partial charge is 0.324 e. The number of ketones is 1. The molecule has 0 spiro atoms. The zero-order valence-electron chi connectivity index (χ0n) is 15.7. The van der Waals surface area contributed by atoms with E-state index in [0.29, 0.717) is 11.5 Å². The van der Waals surface area contributed by atoms with Crippen LogP contribution in [0.1, 0.15) is 35.3 Å². The predicted octanol–water partition coefficient (Wildman–Crippen LogP) is 4.54. The van der Waals surface area contributed by atoms with Crippen molar-refractivity contribution < 1.29 is 9.59 Å². The van der Waals surface area contributed by atoms with Gasteiger partial charge in [-0.05, 0) is 49.1 Å². The van der Waals surface area contributed by atoms with Gasteiger partial charge in [0, 0.05) is 30.3 Å². The first kappa shape index (κ1) is 18.2. The van der Waals surface area contributed by atoms with Crippen molar-refractivity contribution in [2.45, 2.75) is 27.2 Å². The molecule has 0 aromatic heterocycles. The fourth-order valence-electron chi connectivity index (χ4n) is 3.29. The van der Waals surface area contributed by atoms with Crippen LogP contribution in [0, 0.1) is 18.8 Å². The molecule has 1 aliphatic rings. The van der Waals surface area contributed by atoms with Gasteiger partial charge in [0.15, 0.2) is 5.78 Å². The number of likely N-dealkylation sites (tertiary alicyclic amines) is 1. The summed E-state index contributed by atoms with van der Waals surface area (Å²) in [5, 5.41) is 2.91. The highest BCUT2D eigenvalue weighted by atomic mass is 16.2. The minimum atomic E-state index is -0.0755. The van der Waals surface area contributed by atoms with E-state index in [9.17, 15) is 9.59 Å². The highest BCUT2D eigenvalue weighted by Crippen LogP contribution is 2.22. The molecule has 1 aliphatic heterocycles. The number of benzene rings is 2. The maximum absolute atomic E-state index is 12.3. The van der Waals surface area contributed by atoms with Crippen LogP contribution in [0.15, 0.2) is 48.5 Å². The lowest BCUT2D eigenvalue weighted by atomic mass is 9.92. The molecule has 1 saturated heterocycles. The molecule has 0 unspecified atom stereocenters. The van der Waals surface area contributed by atoms with Crippen LogP contribution in [0.25, 0.3) is 0 Å². The quantitative estimate of drug-likeness (QED) is 0.805. The molecule has 0 saturated carbocycles. The zero-order chi connectivity index (χ0) is 18.7. The Morgan fingerprint density at radius 2 is 1.81 bits per heavy atom. The number of urea groups is 1. The average Bonchev–Trinajstić information content (AvgIpc) is 2.57. The summed E-state index contributed by atoms with van der Waals surface area (Å²) in [5.41, 5.74) is 4.01. The fraction of sp³-hybridized carbons (Fsp3) is 0.364. The van der Waals surface area contributed by atoms with Crippen molar-refractivity contribution in [3.05, 3.63) is 65.2 Å². The third kappa shape index (κ3) is 4.31. The minimum Gasteiger partial charge on any atom is -0.324 e. The number of carbonyl (C=O) groups is 2. The Labute approximate surface area is 155 Å². The average molecular weight is 350 g/mol. The van der Waals surface area contributed by atoms with Gasteiger partial charge in [-0.1, -0.05) is 43.7 Å². The number of rotatable bonds is 5. The van der Waals surface area contributed by atoms with Gasteiger partial charge >= 0.3 is 6.03 Å². The Morgan fingerprint density at radius 3 is 2.42 bits per heavy atom. The molecule has 2 aromatic rings. The van der Waals surface area contributed by atoms with E-state index in [1.165, 1.54) is 11.1 Å². The Hall–Kier alpha value is -2.62. The number of aryl methyl sites for hydroxylation is 1. The second-order valence-corrected chi connectivity index (χ2v) is 7.49. The van der Waals surface area contributed by atoms with Crippen molar-refractivity contribution >= 4 is 17.5 Å². The summed E-state index contributed by atoms with van der Waals surface area (Å²) in [7, 11) is 0. The Kier molecular flexibility index (Phi) is 5.40. The summed E-state index contributed by atoms with van der Waals surface area (Å²) in [6.07, 6.45) is 1.01. The van der Waals surface area contributed by atoms with Crippen LogP contribution in [0.4, 0.5) is 10.5 Å². The van der Waals surface area contributed by atoms with Gasteiger partial charge in [-0.3, -0.25) is 4.79 Å². The third-order valence-electron chi connectivity index (χ3n) is 4.80. The molecule has 3 rings (SSSR count). The van der Waals surface area contributed by atoms with Gasteiger partial charge in [-0.2, -0.15) is 0 Å². The van der Waals surface area contributed by atoms with Gasteiger partial charge in [-0.15, -0.1) is 0 Å². The predicted molar refractivity (Wildman–Crippen MR) is 105 cm³/mol. The normalized spacial score (nSPS) is 14.2. The third-order valence-corrected chi connectivity index (χ3v) is 4.80.